The molecule has 54 heavy (non-hydrogen) atoms. The van der Waals surface area contributed by atoms with Gasteiger partial charge in [-0.1, -0.05) is 62.4 Å². The zero-order valence-electron chi connectivity index (χ0n) is 30.6. The third-order valence-corrected chi connectivity index (χ3v) is 10.4. The molecule has 286 valence electrons. The highest BCUT2D eigenvalue weighted by atomic mass is 19.1. The predicted molar refractivity (Wildman–Crippen MR) is 198 cm³/mol. The largest absolute Gasteiger partial charge is 0.480 e. The van der Waals surface area contributed by atoms with Crippen LogP contribution in [0.4, 0.5) is 10.1 Å². The third kappa shape index (κ3) is 9.38. The second kappa shape index (κ2) is 17.4. The first-order valence-corrected chi connectivity index (χ1v) is 18.5. The number of nitrogens with one attached hydrogen (secondary N) is 1. The van der Waals surface area contributed by atoms with E-state index < -0.39 is 29.6 Å². The number of carbonyl (C=O) groups is 3. The Labute approximate surface area is 314 Å². The molecular weight excluding hydrogens is 693 g/mol. The average Bonchev–Trinajstić information content (AvgIpc) is 3.67. The predicted octanol–water partition coefficient (Wildman–Crippen LogP) is 5.21. The molecule has 12 nitrogen and oxygen atoms in total. The second-order valence-electron chi connectivity index (χ2n) is 14.7. The fourth-order valence-corrected chi connectivity index (χ4v) is 7.14. The molecule has 0 spiro atoms. The van der Waals surface area contributed by atoms with Crippen LogP contribution < -0.4 is 10.2 Å². The molecule has 0 saturated carbocycles. The Bertz CT molecular complexity index is 1850. The maximum Gasteiger partial charge on any atom is 0.326 e. The summed E-state index contributed by atoms with van der Waals surface area (Å²) in [6.07, 6.45) is 6.24. The number of nitrogens with zero attached hydrogens (tertiary/aromatic N) is 4. The number of anilines is 1. The van der Waals surface area contributed by atoms with Crippen LogP contribution in [0.2, 0.25) is 0 Å². The summed E-state index contributed by atoms with van der Waals surface area (Å²) in [7, 11) is 0. The smallest absolute Gasteiger partial charge is 0.326 e. The van der Waals surface area contributed by atoms with Crippen LogP contribution in [-0.4, -0.2) is 74.2 Å². The lowest BCUT2D eigenvalue weighted by atomic mass is 9.78. The van der Waals surface area contributed by atoms with Crippen LogP contribution in [0.5, 0.6) is 0 Å². The zero-order valence-corrected chi connectivity index (χ0v) is 30.6. The fraction of sp³-hybridized carbons (Fsp3) is 0.439. The number of aliphatic hydroxyl groups is 1. The molecule has 0 bridgehead atoms. The van der Waals surface area contributed by atoms with Crippen LogP contribution in [0.25, 0.3) is 0 Å². The van der Waals surface area contributed by atoms with Crippen molar-refractivity contribution in [2.24, 2.45) is 11.8 Å². The van der Waals surface area contributed by atoms with Crippen LogP contribution >= 0.6 is 0 Å². The molecule has 2 amide bonds. The highest BCUT2D eigenvalue weighted by Gasteiger charge is 2.48. The van der Waals surface area contributed by atoms with Crippen LogP contribution in [0.15, 0.2) is 85.5 Å². The van der Waals surface area contributed by atoms with E-state index in [2.05, 4.69) is 27.5 Å². The Morgan fingerprint density at radius 2 is 1.70 bits per heavy atom. The normalized spacial score (nSPS) is 18.8. The molecule has 3 N–H and O–H groups in total. The number of carboxylic acid groups (broad SMARTS) is 1. The molecule has 2 saturated heterocycles. The van der Waals surface area contributed by atoms with Crippen molar-refractivity contribution in [3.05, 3.63) is 114 Å². The summed E-state index contributed by atoms with van der Waals surface area (Å²) < 4.78 is 26.7. The molecular formula is C41H48FN5O7. The van der Waals surface area contributed by atoms with E-state index >= 15 is 0 Å². The molecule has 4 unspecified atom stereocenters. The molecule has 3 aromatic carbocycles. The van der Waals surface area contributed by atoms with Gasteiger partial charge in [-0.15, -0.1) is 0 Å². The molecule has 4 aromatic rings. The Hall–Kier alpha value is -4.98. The first kappa shape index (κ1) is 38.7. The molecule has 13 heteroatoms. The summed E-state index contributed by atoms with van der Waals surface area (Å²) in [6.45, 7) is 4.66. The van der Waals surface area contributed by atoms with Crippen molar-refractivity contribution in [3.8, 4) is 0 Å². The lowest BCUT2D eigenvalue weighted by Crippen LogP contribution is -2.55. The van der Waals surface area contributed by atoms with E-state index in [1.165, 1.54) is 18.5 Å². The summed E-state index contributed by atoms with van der Waals surface area (Å²) in [4.78, 5) is 43.6. The van der Waals surface area contributed by atoms with Crippen LogP contribution in [0, 0.1) is 17.7 Å². The molecule has 2 aliphatic rings. The molecule has 4 atom stereocenters. The van der Waals surface area contributed by atoms with Crippen molar-refractivity contribution in [2.75, 3.05) is 24.7 Å². The number of aryl methyl sites for hydroxylation is 3. The quantitative estimate of drug-likeness (QED) is 0.110. The maximum absolute atomic E-state index is 13.8. The molecule has 0 radical (unpaired) electrons. The van der Waals surface area contributed by atoms with Gasteiger partial charge in [0.2, 0.25) is 11.8 Å². The highest BCUT2D eigenvalue weighted by Crippen LogP contribution is 2.46. The van der Waals surface area contributed by atoms with Gasteiger partial charge in [0.1, 0.15) is 36.7 Å². The fourth-order valence-electron chi connectivity index (χ4n) is 7.14. The van der Waals surface area contributed by atoms with Gasteiger partial charge in [0, 0.05) is 12.2 Å². The SMILES string of the molecule is CC(C)C(NC(=O)COC1(CCc2ccc(C3C(CCC(O)c4ccc(F)cc4)C(=O)N3c3ccc(CCCn4cncn4)cc3)cc2)COC1)C(=O)O. The molecule has 3 heterocycles. The van der Waals surface area contributed by atoms with E-state index in [9.17, 15) is 29.0 Å². The Kier molecular flexibility index (Phi) is 12.5. The van der Waals surface area contributed by atoms with E-state index in [-0.39, 0.29) is 36.2 Å². The van der Waals surface area contributed by atoms with Gasteiger partial charge in [-0.05, 0) is 91.0 Å². The van der Waals surface area contributed by atoms with Gasteiger partial charge in [-0.3, -0.25) is 14.3 Å². The lowest BCUT2D eigenvalue weighted by Gasteiger charge is -2.48. The van der Waals surface area contributed by atoms with E-state index in [4.69, 9.17) is 9.47 Å². The van der Waals surface area contributed by atoms with Gasteiger partial charge in [-0.25, -0.2) is 14.2 Å². The monoisotopic (exact) mass is 741 g/mol. The number of aliphatic carboxylic acids is 1. The van der Waals surface area contributed by atoms with E-state index in [0.29, 0.717) is 44.5 Å². The molecule has 2 fully saturated rings. The van der Waals surface area contributed by atoms with Crippen molar-refractivity contribution in [1.29, 1.82) is 0 Å². The minimum Gasteiger partial charge on any atom is -0.480 e. The van der Waals surface area contributed by atoms with Gasteiger partial charge in [0.05, 0.1) is 31.3 Å². The number of rotatable bonds is 19. The van der Waals surface area contributed by atoms with Gasteiger partial charge >= 0.3 is 5.97 Å². The highest BCUT2D eigenvalue weighted by molar-refractivity contribution is 6.03. The number of carbonyl (C=O) groups excluding carboxylic acids is 2. The van der Waals surface area contributed by atoms with Gasteiger partial charge in [0.25, 0.3) is 0 Å². The van der Waals surface area contributed by atoms with Crippen molar-refractivity contribution < 1.29 is 38.5 Å². The number of benzene rings is 3. The maximum atomic E-state index is 13.8. The first-order chi connectivity index (χ1) is 26.0. The minimum atomic E-state index is -1.09. The minimum absolute atomic E-state index is 0.00880. The Morgan fingerprint density at radius 1 is 1.02 bits per heavy atom. The Balaban J connectivity index is 1.10. The molecule has 2 aliphatic heterocycles. The van der Waals surface area contributed by atoms with Crippen molar-refractivity contribution in [3.63, 3.8) is 0 Å². The topological polar surface area (TPSA) is 156 Å². The standard InChI is InChI=1S/C41H48FN5O7/c1-27(2)37(40(51)52)45-36(49)22-54-41(23-53-24-41)20-19-29-5-9-31(10-6-29)38-34(17-18-35(48)30-11-13-32(42)14-12-30)39(50)47(38)33-15-7-28(8-16-33)4-3-21-46-26-43-25-44-46/h5-16,25-27,34-35,37-38,48H,3-4,17-24H2,1-2H3,(H,45,49)(H,51,52). The summed E-state index contributed by atoms with van der Waals surface area (Å²) >= 11 is 0. The van der Waals surface area contributed by atoms with E-state index in [1.54, 1.807) is 37.0 Å². The number of halogens is 1. The van der Waals surface area contributed by atoms with Crippen LogP contribution in [0.3, 0.4) is 0 Å². The summed E-state index contributed by atoms with van der Waals surface area (Å²) in [5.74, 6) is -2.56. The number of aliphatic hydroxyl groups excluding tert-OH is 1. The van der Waals surface area contributed by atoms with E-state index in [0.717, 1.165) is 41.8 Å². The summed E-state index contributed by atoms with van der Waals surface area (Å²) in [5, 5.41) is 27.0. The number of β-lactam (4-membered cyclic amide) rings is 1. The Morgan fingerprint density at radius 3 is 2.31 bits per heavy atom. The van der Waals surface area contributed by atoms with Crippen molar-refractivity contribution in [1.82, 2.24) is 20.1 Å². The number of carboxylic acids is 1. The number of ether oxygens (including phenoxy) is 2. The molecule has 0 aliphatic carbocycles. The number of hydrogen-bond donors (Lipinski definition) is 3. The lowest BCUT2D eigenvalue weighted by molar-refractivity contribution is -0.212. The second-order valence-corrected chi connectivity index (χ2v) is 14.7. The number of amides is 2. The van der Waals surface area contributed by atoms with Crippen LogP contribution in [0.1, 0.15) is 73.9 Å². The van der Waals surface area contributed by atoms with Crippen LogP contribution in [-0.2, 0) is 43.2 Å². The zero-order chi connectivity index (χ0) is 38.2. The van der Waals surface area contributed by atoms with Crippen molar-refractivity contribution in [2.45, 2.75) is 82.7 Å². The summed E-state index contributed by atoms with van der Waals surface area (Å²) in [6, 6.07) is 20.8. The summed E-state index contributed by atoms with van der Waals surface area (Å²) in [5.41, 5.74) is 3.97. The average molecular weight is 742 g/mol. The molecule has 1 aromatic heterocycles. The van der Waals surface area contributed by atoms with Crippen molar-refractivity contribution >= 4 is 23.5 Å². The number of aromatic nitrogens is 3. The van der Waals surface area contributed by atoms with E-state index in [1.807, 2.05) is 41.3 Å². The van der Waals surface area contributed by atoms with Gasteiger partial charge in [0.15, 0.2) is 0 Å². The van der Waals surface area contributed by atoms with Gasteiger partial charge < -0.3 is 29.9 Å². The van der Waals surface area contributed by atoms with Gasteiger partial charge in [-0.2, -0.15) is 5.10 Å². The molecule has 6 rings (SSSR count). The number of hydrogen-bond acceptors (Lipinski definition) is 8. The first-order valence-electron chi connectivity index (χ1n) is 18.5. The third-order valence-electron chi connectivity index (χ3n) is 10.4.